The summed E-state index contributed by atoms with van der Waals surface area (Å²) in [6.45, 7) is 2.27. The molecule has 17 heteroatoms. The van der Waals surface area contributed by atoms with Gasteiger partial charge in [0.25, 0.3) is 5.91 Å². The molecule has 47 heavy (non-hydrogen) atoms. The third kappa shape index (κ3) is 6.53. The number of amides is 1. The second kappa shape index (κ2) is 12.6. The summed E-state index contributed by atoms with van der Waals surface area (Å²) in [5.41, 5.74) is 0.214. The fraction of sp³-hybridized carbons (Fsp3) is 0.333. The lowest BCUT2D eigenvalue weighted by atomic mass is 9.96. The van der Waals surface area contributed by atoms with E-state index in [1.54, 1.807) is 36.0 Å². The van der Waals surface area contributed by atoms with Gasteiger partial charge in [-0.2, -0.15) is 23.3 Å². The van der Waals surface area contributed by atoms with Gasteiger partial charge in [0.1, 0.15) is 22.9 Å². The Balaban J connectivity index is 1.50. The van der Waals surface area contributed by atoms with Crippen molar-refractivity contribution in [2.45, 2.75) is 38.8 Å². The summed E-state index contributed by atoms with van der Waals surface area (Å²) in [5.74, 6) is -1.98. The average Bonchev–Trinajstić information content (AvgIpc) is 3.59. The molecular weight excluding hydrogens is 645 g/mol. The van der Waals surface area contributed by atoms with Crippen molar-refractivity contribution in [2.75, 3.05) is 38.0 Å². The van der Waals surface area contributed by atoms with Crippen LogP contribution < -0.4 is 15.4 Å². The second-order valence-corrected chi connectivity index (χ2v) is 13.0. The maximum absolute atomic E-state index is 15.9. The minimum atomic E-state index is -4.89. The van der Waals surface area contributed by atoms with Gasteiger partial charge in [-0.25, -0.2) is 9.37 Å². The number of benzene rings is 2. The minimum absolute atomic E-state index is 0.0115. The highest BCUT2D eigenvalue weighted by Crippen LogP contribution is 2.52. The summed E-state index contributed by atoms with van der Waals surface area (Å²) in [6, 6.07) is 5.77. The van der Waals surface area contributed by atoms with Gasteiger partial charge in [0.2, 0.25) is 5.95 Å². The molecule has 2 aromatic carbocycles. The highest BCUT2D eigenvalue weighted by atomic mass is 31.2. The van der Waals surface area contributed by atoms with Gasteiger partial charge in [-0.1, -0.05) is 6.07 Å². The summed E-state index contributed by atoms with van der Waals surface area (Å²) in [6.07, 6.45) is -0.938. The molecule has 1 amide bonds. The molecule has 0 spiro atoms. The SMILES string of the molecule is CCO[P@]1(=O)Cc2ccc(c(OC)c2)Nc2ncc(C(F)(F)F)c(n2)Nc2cc(F)c(c3c2C(=O)N(C)C3)-c2cnn(c2)CCCO1. The Morgan fingerprint density at radius 1 is 1.13 bits per heavy atom. The number of hydrogen-bond acceptors (Lipinski definition) is 10. The van der Waals surface area contributed by atoms with E-state index in [9.17, 15) is 22.5 Å². The Hall–Kier alpha value is -4.53. The van der Waals surface area contributed by atoms with Crippen LogP contribution in [-0.2, 0) is 39.0 Å². The van der Waals surface area contributed by atoms with Crippen molar-refractivity contribution in [2.24, 2.45) is 0 Å². The van der Waals surface area contributed by atoms with Crippen LogP contribution in [0.25, 0.3) is 11.1 Å². The van der Waals surface area contributed by atoms with Crippen molar-refractivity contribution in [3.63, 3.8) is 0 Å². The molecule has 0 aliphatic carbocycles. The lowest BCUT2D eigenvalue weighted by molar-refractivity contribution is -0.137. The zero-order chi connectivity index (χ0) is 33.5. The number of halogens is 4. The molecule has 0 saturated carbocycles. The van der Waals surface area contributed by atoms with Crippen molar-refractivity contribution in [1.29, 1.82) is 0 Å². The molecule has 4 aliphatic heterocycles. The van der Waals surface area contributed by atoms with Gasteiger partial charge in [0.15, 0.2) is 0 Å². The molecule has 0 unspecified atom stereocenters. The minimum Gasteiger partial charge on any atom is -0.495 e. The number of anilines is 4. The van der Waals surface area contributed by atoms with Crippen LogP contribution in [0.2, 0.25) is 0 Å². The number of hydrogen-bond donors (Lipinski definition) is 2. The third-order valence-electron chi connectivity index (χ3n) is 7.64. The second-order valence-electron chi connectivity index (χ2n) is 10.9. The fourth-order valence-corrected chi connectivity index (χ4v) is 7.24. The van der Waals surface area contributed by atoms with E-state index in [0.717, 1.165) is 6.07 Å². The molecule has 12 nitrogen and oxygen atoms in total. The number of methoxy groups -OCH3 is 1. The van der Waals surface area contributed by atoms with E-state index < -0.39 is 36.9 Å². The summed E-state index contributed by atoms with van der Waals surface area (Å²) < 4.78 is 90.3. The van der Waals surface area contributed by atoms with Gasteiger partial charge >= 0.3 is 13.8 Å². The first-order chi connectivity index (χ1) is 22.4. The van der Waals surface area contributed by atoms with E-state index in [1.807, 2.05) is 0 Å². The number of nitrogens with zero attached hydrogens (tertiary/aromatic N) is 5. The van der Waals surface area contributed by atoms with Crippen molar-refractivity contribution in [1.82, 2.24) is 24.6 Å². The molecule has 4 aliphatic rings. The number of aromatic nitrogens is 4. The fourth-order valence-electron chi connectivity index (χ4n) is 5.54. The zero-order valence-electron chi connectivity index (χ0n) is 25.5. The summed E-state index contributed by atoms with van der Waals surface area (Å²) in [7, 11) is -0.696. The smallest absolute Gasteiger partial charge is 0.421 e. The maximum atomic E-state index is 15.9. The highest BCUT2D eigenvalue weighted by molar-refractivity contribution is 7.53. The summed E-state index contributed by atoms with van der Waals surface area (Å²) >= 11 is 0. The van der Waals surface area contributed by atoms with Gasteiger partial charge in [0.05, 0.1) is 49.6 Å². The molecule has 248 valence electrons. The highest BCUT2D eigenvalue weighted by Gasteiger charge is 2.38. The Kier molecular flexibility index (Phi) is 8.68. The molecule has 4 aromatic rings. The number of alkyl halides is 3. The van der Waals surface area contributed by atoms with Crippen LogP contribution in [0.4, 0.5) is 40.7 Å². The number of fused-ring (bicyclic) bond motifs is 1. The van der Waals surface area contributed by atoms with E-state index in [-0.39, 0.29) is 60.0 Å². The first kappa shape index (κ1) is 32.4. The van der Waals surface area contributed by atoms with Gasteiger partial charge in [-0.05, 0) is 42.7 Å². The Morgan fingerprint density at radius 3 is 2.68 bits per heavy atom. The van der Waals surface area contributed by atoms with Crippen molar-refractivity contribution >= 4 is 36.6 Å². The van der Waals surface area contributed by atoms with E-state index in [4.69, 9.17) is 13.8 Å². The van der Waals surface area contributed by atoms with Gasteiger partial charge in [0, 0.05) is 43.7 Å². The number of ether oxygens (including phenoxy) is 1. The maximum Gasteiger partial charge on any atom is 0.421 e. The predicted octanol–water partition coefficient (Wildman–Crippen LogP) is 6.73. The number of carbonyl (C=O) groups excluding carboxylic acids is 1. The monoisotopic (exact) mass is 675 g/mol. The molecule has 0 saturated heterocycles. The Labute approximate surface area is 266 Å². The molecule has 0 fully saturated rings. The van der Waals surface area contributed by atoms with Crippen molar-refractivity contribution in [3.05, 3.63) is 70.9 Å². The van der Waals surface area contributed by atoms with Gasteiger partial charge in [-0.15, -0.1) is 0 Å². The molecule has 8 rings (SSSR count). The van der Waals surface area contributed by atoms with E-state index in [1.165, 1.54) is 25.3 Å². The van der Waals surface area contributed by atoms with Crippen LogP contribution in [0.1, 0.15) is 40.4 Å². The third-order valence-corrected chi connectivity index (χ3v) is 9.62. The van der Waals surface area contributed by atoms with E-state index in [2.05, 4.69) is 25.7 Å². The van der Waals surface area contributed by atoms with Crippen molar-refractivity contribution in [3.8, 4) is 16.9 Å². The molecular formula is C30H30F4N7O5P. The number of carbonyl (C=O) groups is 1. The molecule has 2 N–H and O–H groups in total. The lowest BCUT2D eigenvalue weighted by Gasteiger charge is -2.19. The Morgan fingerprint density at radius 2 is 1.94 bits per heavy atom. The molecule has 8 bridgehead atoms. The van der Waals surface area contributed by atoms with E-state index >= 15 is 4.39 Å². The van der Waals surface area contributed by atoms with Crippen LogP contribution >= 0.6 is 7.60 Å². The van der Waals surface area contributed by atoms with Crippen LogP contribution in [-0.4, -0.2) is 57.9 Å². The van der Waals surface area contributed by atoms with Crippen molar-refractivity contribution < 1.29 is 40.7 Å². The molecule has 0 radical (unpaired) electrons. The number of nitrogens with one attached hydrogen (secondary N) is 2. The number of rotatable bonds is 3. The predicted molar refractivity (Wildman–Crippen MR) is 164 cm³/mol. The average molecular weight is 676 g/mol. The quantitative estimate of drug-likeness (QED) is 0.178. The first-order valence-electron chi connectivity index (χ1n) is 14.6. The molecule has 2 aromatic heterocycles. The summed E-state index contributed by atoms with van der Waals surface area (Å²) in [5, 5.41) is 9.74. The normalized spacial score (nSPS) is 18.3. The van der Waals surface area contributed by atoms with Crippen LogP contribution in [0.3, 0.4) is 0 Å². The van der Waals surface area contributed by atoms with Crippen LogP contribution in [0.15, 0.2) is 42.9 Å². The molecule has 1 atom stereocenters. The molecule has 6 heterocycles. The lowest BCUT2D eigenvalue weighted by Crippen LogP contribution is -2.18. The summed E-state index contributed by atoms with van der Waals surface area (Å²) in [4.78, 5) is 22.5. The largest absolute Gasteiger partial charge is 0.495 e. The topological polar surface area (TPSA) is 133 Å². The van der Waals surface area contributed by atoms with Crippen LogP contribution in [0, 0.1) is 5.82 Å². The zero-order valence-corrected chi connectivity index (χ0v) is 26.4. The number of aryl methyl sites for hydroxylation is 1. The van der Waals surface area contributed by atoms with E-state index in [0.29, 0.717) is 36.0 Å². The first-order valence-corrected chi connectivity index (χ1v) is 16.3. The van der Waals surface area contributed by atoms with Gasteiger partial charge in [-0.3, -0.25) is 14.0 Å². The Bertz CT molecular complexity index is 1900. The van der Waals surface area contributed by atoms with Crippen LogP contribution in [0.5, 0.6) is 5.75 Å². The van der Waals surface area contributed by atoms with Gasteiger partial charge < -0.3 is 29.3 Å². The standard InChI is InChI=1S/C30H30F4N7O5P/c1-4-45-47(43)16-17-6-7-22(24(10-17)44-3)38-29-35-13-20(30(32,33)34)27(39-29)37-23-11-21(31)25(19-15-40(2)28(42)26(19)23)18-12-36-41(14-18)8-5-9-46-47/h6-7,10-14H,4-5,8-9,15-16H2,1-3H3,(H2,35,37,38,39)/t47-/m1/s1.